The summed E-state index contributed by atoms with van der Waals surface area (Å²) in [4.78, 5) is 10.6. The lowest BCUT2D eigenvalue weighted by atomic mass is 10.2. The van der Waals surface area contributed by atoms with E-state index in [1.165, 1.54) is 0 Å². The van der Waals surface area contributed by atoms with Crippen molar-refractivity contribution in [1.82, 2.24) is 0 Å². The van der Waals surface area contributed by atoms with Crippen molar-refractivity contribution in [1.29, 1.82) is 0 Å². The summed E-state index contributed by atoms with van der Waals surface area (Å²) in [6.45, 7) is 3.73. The molecule has 0 amide bonds. The molecule has 0 aromatic carbocycles. The van der Waals surface area contributed by atoms with Gasteiger partial charge in [-0.15, -0.1) is 6.58 Å². The van der Waals surface area contributed by atoms with Crippen LogP contribution in [0, 0.1) is 0 Å². The van der Waals surface area contributed by atoms with E-state index in [1.54, 1.807) is 0 Å². The lowest BCUT2D eigenvalue weighted by molar-refractivity contribution is -0.116. The Morgan fingerprint density at radius 1 is 1.36 bits per heavy atom. The molecule has 62 valence electrons. The van der Waals surface area contributed by atoms with Crippen LogP contribution in [0.4, 0.5) is 0 Å². The molecule has 0 unspecified atom stereocenters. The molecule has 2 heteroatoms. The minimum Gasteiger partial charge on any atom is -0.324 e. The van der Waals surface area contributed by atoms with E-state index in [1.807, 2.05) is 18.2 Å². The quantitative estimate of drug-likeness (QED) is 0.463. The van der Waals surface area contributed by atoms with Crippen LogP contribution in [-0.4, -0.2) is 12.3 Å². The van der Waals surface area contributed by atoms with Crippen molar-refractivity contribution >= 4 is 5.78 Å². The molecule has 2 N–H and O–H groups in total. The molecule has 0 saturated heterocycles. The van der Waals surface area contributed by atoms with Crippen LogP contribution in [0.15, 0.2) is 24.8 Å². The highest BCUT2D eigenvalue weighted by molar-refractivity contribution is 5.81. The Bertz CT molecular complexity index is 150. The average molecular weight is 153 g/mol. The zero-order chi connectivity index (χ0) is 8.53. The lowest BCUT2D eigenvalue weighted by Crippen LogP contribution is -2.11. The first-order valence-electron chi connectivity index (χ1n) is 3.79. The molecule has 0 aliphatic rings. The standard InChI is InChI=1S/C9H15NO/c1-2-3-4-5-6-7-9(11)8-10/h2,5-6H,1,3-4,7-8,10H2/b6-5+. The first-order valence-corrected chi connectivity index (χ1v) is 3.79. The maximum atomic E-state index is 10.6. The summed E-state index contributed by atoms with van der Waals surface area (Å²) in [5.41, 5.74) is 5.11. The number of unbranched alkanes of at least 4 members (excludes halogenated alkanes) is 1. The fourth-order valence-electron chi connectivity index (χ4n) is 0.630. The molecule has 0 aliphatic heterocycles. The Morgan fingerprint density at radius 3 is 2.64 bits per heavy atom. The van der Waals surface area contributed by atoms with Gasteiger partial charge in [0.1, 0.15) is 5.78 Å². The smallest absolute Gasteiger partial charge is 0.150 e. The third-order valence-corrected chi connectivity index (χ3v) is 1.28. The van der Waals surface area contributed by atoms with Crippen LogP contribution in [-0.2, 0) is 4.79 Å². The highest BCUT2D eigenvalue weighted by Gasteiger charge is 1.91. The van der Waals surface area contributed by atoms with E-state index in [4.69, 9.17) is 5.73 Å². The minimum atomic E-state index is 0.0832. The van der Waals surface area contributed by atoms with Crippen LogP contribution in [0.5, 0.6) is 0 Å². The maximum Gasteiger partial charge on any atom is 0.150 e. The molecular formula is C9H15NO. The van der Waals surface area contributed by atoms with E-state index in [9.17, 15) is 4.79 Å². The van der Waals surface area contributed by atoms with E-state index in [2.05, 4.69) is 6.58 Å². The molecule has 2 nitrogen and oxygen atoms in total. The van der Waals surface area contributed by atoms with Crippen molar-refractivity contribution in [3.05, 3.63) is 24.8 Å². The van der Waals surface area contributed by atoms with Crippen LogP contribution in [0.2, 0.25) is 0 Å². The molecule has 0 heterocycles. The monoisotopic (exact) mass is 153 g/mol. The summed E-state index contributed by atoms with van der Waals surface area (Å²) in [5.74, 6) is 0.0832. The summed E-state index contributed by atoms with van der Waals surface area (Å²) in [6, 6.07) is 0. The number of Topliss-reactive ketones (excluding diaryl/α,β-unsaturated/α-hetero) is 1. The van der Waals surface area contributed by atoms with Crippen LogP contribution in [0.25, 0.3) is 0 Å². The Hall–Kier alpha value is -0.890. The van der Waals surface area contributed by atoms with Gasteiger partial charge in [0.2, 0.25) is 0 Å². The van der Waals surface area contributed by atoms with Crippen LogP contribution in [0.3, 0.4) is 0 Å². The molecule has 0 saturated carbocycles. The van der Waals surface area contributed by atoms with Gasteiger partial charge in [0.15, 0.2) is 0 Å². The fourth-order valence-corrected chi connectivity index (χ4v) is 0.630. The zero-order valence-electron chi connectivity index (χ0n) is 6.75. The van der Waals surface area contributed by atoms with Crippen LogP contribution < -0.4 is 5.73 Å². The average Bonchev–Trinajstić information content (AvgIpc) is 2.04. The van der Waals surface area contributed by atoms with E-state index >= 15 is 0 Å². The van der Waals surface area contributed by atoms with Gasteiger partial charge in [0.25, 0.3) is 0 Å². The topological polar surface area (TPSA) is 43.1 Å². The van der Waals surface area contributed by atoms with Crippen LogP contribution in [0.1, 0.15) is 19.3 Å². The molecule has 0 rings (SSSR count). The second-order valence-electron chi connectivity index (χ2n) is 2.28. The fraction of sp³-hybridized carbons (Fsp3) is 0.444. The third kappa shape index (κ3) is 7.00. The first-order chi connectivity index (χ1) is 5.31. The Morgan fingerprint density at radius 2 is 2.09 bits per heavy atom. The van der Waals surface area contributed by atoms with E-state index in [-0.39, 0.29) is 12.3 Å². The molecular weight excluding hydrogens is 138 g/mol. The maximum absolute atomic E-state index is 10.6. The molecule has 0 radical (unpaired) electrons. The van der Waals surface area contributed by atoms with Gasteiger partial charge >= 0.3 is 0 Å². The number of rotatable bonds is 6. The Balaban J connectivity index is 3.29. The lowest BCUT2D eigenvalue weighted by Gasteiger charge is -1.88. The molecule has 0 aromatic heterocycles. The predicted octanol–water partition coefficient (Wildman–Crippen LogP) is 1.43. The highest BCUT2D eigenvalue weighted by atomic mass is 16.1. The molecule has 0 bridgehead atoms. The van der Waals surface area contributed by atoms with Crippen molar-refractivity contribution < 1.29 is 4.79 Å². The summed E-state index contributed by atoms with van der Waals surface area (Å²) >= 11 is 0. The number of hydrogen-bond donors (Lipinski definition) is 1. The largest absolute Gasteiger partial charge is 0.324 e. The van der Waals surface area contributed by atoms with Crippen molar-refractivity contribution in [2.45, 2.75) is 19.3 Å². The van der Waals surface area contributed by atoms with Gasteiger partial charge in [-0.25, -0.2) is 0 Å². The van der Waals surface area contributed by atoms with E-state index in [0.717, 1.165) is 12.8 Å². The summed E-state index contributed by atoms with van der Waals surface area (Å²) in [6.07, 6.45) is 8.09. The summed E-state index contributed by atoms with van der Waals surface area (Å²) in [7, 11) is 0. The number of carbonyl (C=O) groups excluding carboxylic acids is 1. The van der Waals surface area contributed by atoms with Crippen molar-refractivity contribution in [2.24, 2.45) is 5.73 Å². The number of allylic oxidation sites excluding steroid dienone is 3. The predicted molar refractivity (Wildman–Crippen MR) is 47.2 cm³/mol. The summed E-state index contributed by atoms with van der Waals surface area (Å²) in [5, 5.41) is 0. The molecule has 0 fully saturated rings. The van der Waals surface area contributed by atoms with Crippen molar-refractivity contribution in [2.75, 3.05) is 6.54 Å². The molecule has 0 atom stereocenters. The number of ketones is 1. The van der Waals surface area contributed by atoms with Gasteiger partial charge in [-0.3, -0.25) is 4.79 Å². The van der Waals surface area contributed by atoms with E-state index in [0.29, 0.717) is 6.42 Å². The second kappa shape index (κ2) is 7.22. The number of carbonyl (C=O) groups is 1. The number of hydrogen-bond acceptors (Lipinski definition) is 2. The number of nitrogens with two attached hydrogens (primary N) is 1. The second-order valence-corrected chi connectivity index (χ2v) is 2.28. The minimum absolute atomic E-state index is 0.0832. The SMILES string of the molecule is C=CCC/C=C/CC(=O)CN. The van der Waals surface area contributed by atoms with E-state index < -0.39 is 0 Å². The summed E-state index contributed by atoms with van der Waals surface area (Å²) < 4.78 is 0. The Labute approximate surface area is 67.8 Å². The van der Waals surface area contributed by atoms with Gasteiger partial charge in [0.05, 0.1) is 6.54 Å². The van der Waals surface area contributed by atoms with Crippen molar-refractivity contribution in [3.8, 4) is 0 Å². The highest BCUT2D eigenvalue weighted by Crippen LogP contribution is 1.93. The van der Waals surface area contributed by atoms with Gasteiger partial charge < -0.3 is 5.73 Å². The molecule has 0 spiro atoms. The van der Waals surface area contributed by atoms with Gasteiger partial charge in [-0.2, -0.15) is 0 Å². The Kier molecular flexibility index (Phi) is 6.64. The molecule has 11 heavy (non-hydrogen) atoms. The zero-order valence-corrected chi connectivity index (χ0v) is 6.75. The van der Waals surface area contributed by atoms with Gasteiger partial charge in [-0.1, -0.05) is 18.2 Å². The van der Waals surface area contributed by atoms with Gasteiger partial charge in [0, 0.05) is 6.42 Å². The molecule has 0 aromatic rings. The van der Waals surface area contributed by atoms with Crippen molar-refractivity contribution in [3.63, 3.8) is 0 Å². The first kappa shape index (κ1) is 10.1. The molecule has 0 aliphatic carbocycles. The normalized spacial score (nSPS) is 10.3. The van der Waals surface area contributed by atoms with Gasteiger partial charge in [-0.05, 0) is 12.8 Å². The van der Waals surface area contributed by atoms with Crippen LogP contribution >= 0.6 is 0 Å². The third-order valence-electron chi connectivity index (χ3n) is 1.28.